The SMILES string of the molecule is COc1ccc2cc(S(=O)(=O)Nc3ccccc3C(=O)N3CCCCCC3)ccc2c1. The first-order valence-corrected chi connectivity index (χ1v) is 12.0. The van der Waals surface area contributed by atoms with E-state index in [0.29, 0.717) is 30.1 Å². The van der Waals surface area contributed by atoms with Crippen molar-refractivity contribution in [2.45, 2.75) is 30.6 Å². The lowest BCUT2D eigenvalue weighted by Gasteiger charge is -2.22. The molecule has 1 saturated heterocycles. The van der Waals surface area contributed by atoms with Crippen molar-refractivity contribution < 1.29 is 17.9 Å². The van der Waals surface area contributed by atoms with Crippen molar-refractivity contribution in [3.63, 3.8) is 0 Å². The molecule has 0 aromatic heterocycles. The average molecular weight is 439 g/mol. The number of hydrogen-bond acceptors (Lipinski definition) is 4. The van der Waals surface area contributed by atoms with Gasteiger partial charge in [-0.05, 0) is 60.0 Å². The van der Waals surface area contributed by atoms with E-state index < -0.39 is 10.0 Å². The molecule has 0 unspecified atom stereocenters. The number of hydrogen-bond donors (Lipinski definition) is 1. The Bertz CT molecular complexity index is 1200. The molecule has 0 atom stereocenters. The van der Waals surface area contributed by atoms with Crippen LogP contribution in [-0.4, -0.2) is 39.4 Å². The Kier molecular flexibility index (Phi) is 6.13. The first-order chi connectivity index (χ1) is 15.0. The van der Waals surface area contributed by atoms with Gasteiger partial charge >= 0.3 is 0 Å². The third-order valence-corrected chi connectivity index (χ3v) is 6.99. The molecular weight excluding hydrogens is 412 g/mol. The summed E-state index contributed by atoms with van der Waals surface area (Å²) in [5, 5.41) is 1.67. The highest BCUT2D eigenvalue weighted by atomic mass is 32.2. The number of amides is 1. The number of sulfonamides is 1. The number of carbonyl (C=O) groups excluding carboxylic acids is 1. The summed E-state index contributed by atoms with van der Waals surface area (Å²) < 4.78 is 34.1. The normalized spacial score (nSPS) is 14.8. The lowest BCUT2D eigenvalue weighted by Crippen LogP contribution is -2.32. The quantitative estimate of drug-likeness (QED) is 0.628. The van der Waals surface area contributed by atoms with E-state index in [1.54, 1.807) is 55.6 Å². The molecule has 1 aliphatic heterocycles. The number of anilines is 1. The van der Waals surface area contributed by atoms with Crippen LogP contribution in [0.3, 0.4) is 0 Å². The second kappa shape index (κ2) is 8.98. The zero-order valence-electron chi connectivity index (χ0n) is 17.5. The smallest absolute Gasteiger partial charge is 0.261 e. The van der Waals surface area contributed by atoms with Gasteiger partial charge in [-0.1, -0.05) is 37.1 Å². The predicted molar refractivity (Wildman–Crippen MR) is 122 cm³/mol. The maximum Gasteiger partial charge on any atom is 0.261 e. The Labute approximate surface area is 182 Å². The minimum absolute atomic E-state index is 0.134. The van der Waals surface area contributed by atoms with E-state index in [9.17, 15) is 13.2 Å². The van der Waals surface area contributed by atoms with E-state index in [2.05, 4.69) is 4.72 Å². The summed E-state index contributed by atoms with van der Waals surface area (Å²) in [4.78, 5) is 15.1. The first-order valence-electron chi connectivity index (χ1n) is 10.5. The topological polar surface area (TPSA) is 75.7 Å². The maximum atomic E-state index is 13.1. The van der Waals surface area contributed by atoms with Crippen LogP contribution in [0, 0.1) is 0 Å². The summed E-state index contributed by atoms with van der Waals surface area (Å²) in [6, 6.07) is 17.2. The molecule has 0 aliphatic carbocycles. The number of nitrogens with one attached hydrogen (secondary N) is 1. The first kappa shape index (κ1) is 21.2. The van der Waals surface area contributed by atoms with Crippen molar-refractivity contribution in [1.29, 1.82) is 0 Å². The summed E-state index contributed by atoms with van der Waals surface area (Å²) in [5.41, 5.74) is 0.671. The average Bonchev–Trinajstić information content (AvgIpc) is 3.07. The van der Waals surface area contributed by atoms with Crippen molar-refractivity contribution in [3.05, 3.63) is 66.2 Å². The van der Waals surface area contributed by atoms with E-state index in [1.807, 2.05) is 17.0 Å². The number of carbonyl (C=O) groups is 1. The summed E-state index contributed by atoms with van der Waals surface area (Å²) in [7, 11) is -2.27. The fraction of sp³-hybridized carbons (Fsp3) is 0.292. The van der Waals surface area contributed by atoms with Gasteiger partial charge in [-0.25, -0.2) is 8.42 Å². The summed E-state index contributed by atoms with van der Waals surface area (Å²) in [6.45, 7) is 1.40. The number of benzene rings is 3. The third-order valence-electron chi connectivity index (χ3n) is 5.62. The van der Waals surface area contributed by atoms with Crippen molar-refractivity contribution in [3.8, 4) is 5.75 Å². The van der Waals surface area contributed by atoms with Crippen LogP contribution < -0.4 is 9.46 Å². The minimum Gasteiger partial charge on any atom is -0.497 e. The van der Waals surface area contributed by atoms with Gasteiger partial charge in [-0.3, -0.25) is 9.52 Å². The van der Waals surface area contributed by atoms with E-state index >= 15 is 0 Å². The molecule has 0 bridgehead atoms. The molecule has 7 heteroatoms. The van der Waals surface area contributed by atoms with Crippen molar-refractivity contribution in [2.24, 2.45) is 0 Å². The Hall–Kier alpha value is -3.06. The lowest BCUT2D eigenvalue weighted by molar-refractivity contribution is 0.0762. The zero-order chi connectivity index (χ0) is 21.8. The van der Waals surface area contributed by atoms with Crippen molar-refractivity contribution in [1.82, 2.24) is 4.90 Å². The third kappa shape index (κ3) is 4.66. The number of rotatable bonds is 5. The van der Waals surface area contributed by atoms with E-state index in [4.69, 9.17) is 4.74 Å². The molecule has 0 spiro atoms. The Morgan fingerprint density at radius 2 is 1.58 bits per heavy atom. The molecule has 1 heterocycles. The van der Waals surface area contributed by atoms with Gasteiger partial charge in [-0.15, -0.1) is 0 Å². The molecule has 4 rings (SSSR count). The lowest BCUT2D eigenvalue weighted by atomic mass is 10.1. The largest absolute Gasteiger partial charge is 0.497 e. The van der Waals surface area contributed by atoms with Crippen LogP contribution in [0.1, 0.15) is 36.0 Å². The fourth-order valence-electron chi connectivity index (χ4n) is 3.90. The second-order valence-electron chi connectivity index (χ2n) is 7.73. The van der Waals surface area contributed by atoms with Crippen molar-refractivity contribution >= 4 is 32.4 Å². The van der Waals surface area contributed by atoms with Crippen LogP contribution in [0.4, 0.5) is 5.69 Å². The molecular formula is C24H26N2O4S. The molecule has 162 valence electrons. The van der Waals surface area contributed by atoms with Gasteiger partial charge in [0.1, 0.15) is 5.75 Å². The number of methoxy groups -OCH3 is 1. The molecule has 1 fully saturated rings. The van der Waals surface area contributed by atoms with Crippen LogP contribution in [0.25, 0.3) is 10.8 Å². The number of para-hydroxylation sites is 1. The number of ether oxygens (including phenoxy) is 1. The van der Waals surface area contributed by atoms with Gasteiger partial charge in [0.15, 0.2) is 0 Å². The van der Waals surface area contributed by atoms with Gasteiger partial charge in [0, 0.05) is 13.1 Å². The highest BCUT2D eigenvalue weighted by Gasteiger charge is 2.23. The number of fused-ring (bicyclic) bond motifs is 1. The van der Waals surface area contributed by atoms with E-state index in [1.165, 1.54) is 0 Å². The monoisotopic (exact) mass is 438 g/mol. The standard InChI is InChI=1S/C24H26N2O4S/c1-30-20-12-10-19-17-21(13-11-18(19)16-20)31(28,29)25-23-9-5-4-8-22(23)24(27)26-14-6-2-3-7-15-26/h4-5,8-13,16-17,25H,2-3,6-7,14-15H2,1H3. The van der Waals surface area contributed by atoms with Gasteiger partial charge in [0.25, 0.3) is 15.9 Å². The second-order valence-corrected chi connectivity index (χ2v) is 9.41. The van der Waals surface area contributed by atoms with Gasteiger partial charge in [0.05, 0.1) is 23.3 Å². The van der Waals surface area contributed by atoms with E-state index in [0.717, 1.165) is 36.5 Å². The number of likely N-dealkylation sites (tertiary alicyclic amines) is 1. The highest BCUT2D eigenvalue weighted by Crippen LogP contribution is 2.26. The zero-order valence-corrected chi connectivity index (χ0v) is 18.3. The number of nitrogens with zero attached hydrogens (tertiary/aromatic N) is 1. The highest BCUT2D eigenvalue weighted by molar-refractivity contribution is 7.92. The molecule has 1 N–H and O–H groups in total. The molecule has 3 aromatic rings. The minimum atomic E-state index is -3.87. The molecule has 1 amide bonds. The summed E-state index contributed by atoms with van der Waals surface area (Å²) >= 11 is 0. The Morgan fingerprint density at radius 1 is 0.903 bits per heavy atom. The molecule has 0 saturated carbocycles. The van der Waals surface area contributed by atoms with Crippen LogP contribution in [0.15, 0.2) is 65.6 Å². The molecule has 3 aromatic carbocycles. The molecule has 0 radical (unpaired) electrons. The summed E-state index contributed by atoms with van der Waals surface area (Å²) in [5.74, 6) is 0.577. The van der Waals surface area contributed by atoms with Gasteiger partial charge in [-0.2, -0.15) is 0 Å². The molecule has 1 aliphatic rings. The van der Waals surface area contributed by atoms with Crippen LogP contribution >= 0.6 is 0 Å². The van der Waals surface area contributed by atoms with Crippen LogP contribution in [0.5, 0.6) is 5.75 Å². The van der Waals surface area contributed by atoms with Gasteiger partial charge in [0.2, 0.25) is 0 Å². The Morgan fingerprint density at radius 3 is 2.32 bits per heavy atom. The molecule has 6 nitrogen and oxygen atoms in total. The van der Waals surface area contributed by atoms with E-state index in [-0.39, 0.29) is 10.8 Å². The summed E-state index contributed by atoms with van der Waals surface area (Å²) in [6.07, 6.45) is 4.18. The fourth-order valence-corrected chi connectivity index (χ4v) is 5.02. The van der Waals surface area contributed by atoms with Crippen LogP contribution in [0.2, 0.25) is 0 Å². The predicted octanol–water partition coefficient (Wildman–Crippen LogP) is 4.67. The van der Waals surface area contributed by atoms with Crippen LogP contribution in [-0.2, 0) is 10.0 Å². The molecule has 31 heavy (non-hydrogen) atoms. The van der Waals surface area contributed by atoms with Gasteiger partial charge < -0.3 is 9.64 Å². The van der Waals surface area contributed by atoms with Crippen molar-refractivity contribution in [2.75, 3.05) is 24.9 Å². The maximum absolute atomic E-state index is 13.1. The Balaban J connectivity index is 1.63.